The third kappa shape index (κ3) is 3.74. The Morgan fingerprint density at radius 3 is 2.76 bits per heavy atom. The first-order chi connectivity index (χ1) is 9.97. The number of hydrogen-bond donors (Lipinski definition) is 2. The summed E-state index contributed by atoms with van der Waals surface area (Å²) >= 11 is 0. The summed E-state index contributed by atoms with van der Waals surface area (Å²) in [7, 11) is -3.50. The molecule has 1 saturated heterocycles. The molecule has 0 radical (unpaired) electrons. The summed E-state index contributed by atoms with van der Waals surface area (Å²) in [5.74, 6) is 0. The van der Waals surface area contributed by atoms with E-state index in [9.17, 15) is 8.42 Å². The Morgan fingerprint density at radius 2 is 2.10 bits per heavy atom. The summed E-state index contributed by atoms with van der Waals surface area (Å²) in [5.41, 5.74) is 6.40. The minimum absolute atomic E-state index is 0.0159. The number of ether oxygens (including phenoxy) is 1. The van der Waals surface area contributed by atoms with Gasteiger partial charge in [0.15, 0.2) is 0 Å². The second-order valence-corrected chi connectivity index (χ2v) is 6.91. The maximum Gasteiger partial charge on any atom is 0.242 e. The summed E-state index contributed by atoms with van der Waals surface area (Å²) in [6, 6.07) is 7.04. The monoisotopic (exact) mass is 313 g/mol. The molecule has 1 heterocycles. The maximum atomic E-state index is 12.3. The molecule has 1 aliphatic heterocycles. The average Bonchev–Trinajstić information content (AvgIpc) is 2.46. The highest BCUT2D eigenvalue weighted by Gasteiger charge is 2.28. The van der Waals surface area contributed by atoms with Crippen molar-refractivity contribution < 1.29 is 13.2 Å². The van der Waals surface area contributed by atoms with Gasteiger partial charge in [0, 0.05) is 26.2 Å². The van der Waals surface area contributed by atoms with Gasteiger partial charge in [0.2, 0.25) is 10.0 Å². The first kappa shape index (κ1) is 16.2. The van der Waals surface area contributed by atoms with Crippen LogP contribution in [-0.4, -0.2) is 46.8 Å². The third-order valence-electron chi connectivity index (χ3n) is 3.42. The number of para-hydroxylation sites is 1. The minimum Gasteiger partial charge on any atom is -0.370 e. The van der Waals surface area contributed by atoms with Gasteiger partial charge < -0.3 is 15.4 Å². The molecule has 2 unspecified atom stereocenters. The summed E-state index contributed by atoms with van der Waals surface area (Å²) in [6.07, 6.45) is -0.0640. The van der Waals surface area contributed by atoms with Crippen molar-refractivity contribution in [3.63, 3.8) is 0 Å². The number of nitrogens with zero attached hydrogens (tertiary/aromatic N) is 1. The SMILES string of the molecule is CCNS(=O)(=O)c1ccccc1N1CC(C)OC(CN)C1. The molecule has 6 nitrogen and oxygen atoms in total. The quantitative estimate of drug-likeness (QED) is 0.829. The van der Waals surface area contributed by atoms with Gasteiger partial charge >= 0.3 is 0 Å². The van der Waals surface area contributed by atoms with Gasteiger partial charge in [-0.3, -0.25) is 0 Å². The van der Waals surface area contributed by atoms with E-state index in [4.69, 9.17) is 10.5 Å². The fourth-order valence-electron chi connectivity index (χ4n) is 2.59. The third-order valence-corrected chi connectivity index (χ3v) is 5.01. The van der Waals surface area contributed by atoms with Crippen molar-refractivity contribution in [2.45, 2.75) is 31.0 Å². The van der Waals surface area contributed by atoms with Crippen LogP contribution in [-0.2, 0) is 14.8 Å². The standard InChI is InChI=1S/C14H23N3O3S/c1-3-16-21(18,19)14-7-5-4-6-13(14)17-9-11(2)20-12(8-15)10-17/h4-7,11-12,16H,3,8-10,15H2,1-2H3. The van der Waals surface area contributed by atoms with E-state index >= 15 is 0 Å². The van der Waals surface area contributed by atoms with Gasteiger partial charge in [-0.25, -0.2) is 13.1 Å². The van der Waals surface area contributed by atoms with Crippen LogP contribution < -0.4 is 15.4 Å². The van der Waals surface area contributed by atoms with E-state index in [-0.39, 0.29) is 12.2 Å². The number of nitrogens with two attached hydrogens (primary N) is 1. The van der Waals surface area contributed by atoms with E-state index in [2.05, 4.69) is 4.72 Å². The van der Waals surface area contributed by atoms with Crippen LogP contribution in [0.15, 0.2) is 29.2 Å². The lowest BCUT2D eigenvalue weighted by molar-refractivity contribution is -0.0106. The summed E-state index contributed by atoms with van der Waals surface area (Å²) in [6.45, 7) is 5.76. The molecule has 0 spiro atoms. The van der Waals surface area contributed by atoms with Crippen LogP contribution in [0.3, 0.4) is 0 Å². The second kappa shape index (κ2) is 6.74. The molecule has 2 atom stereocenters. The molecule has 1 aromatic carbocycles. The highest BCUT2D eigenvalue weighted by molar-refractivity contribution is 7.89. The molecule has 1 aromatic rings. The predicted octanol–water partition coefficient (Wildman–Crippen LogP) is 0.537. The predicted molar refractivity (Wildman–Crippen MR) is 82.9 cm³/mol. The van der Waals surface area contributed by atoms with Crippen LogP contribution in [0.2, 0.25) is 0 Å². The molecule has 0 aliphatic carbocycles. The van der Waals surface area contributed by atoms with Gasteiger partial charge in [0.25, 0.3) is 0 Å². The molecule has 21 heavy (non-hydrogen) atoms. The smallest absolute Gasteiger partial charge is 0.242 e. The number of hydrogen-bond acceptors (Lipinski definition) is 5. The Labute approximate surface area is 126 Å². The molecular formula is C14H23N3O3S. The van der Waals surface area contributed by atoms with E-state index in [0.29, 0.717) is 36.8 Å². The molecule has 0 amide bonds. The first-order valence-corrected chi connectivity index (χ1v) is 8.65. The molecule has 1 aliphatic rings. The average molecular weight is 313 g/mol. The van der Waals surface area contributed by atoms with E-state index in [1.807, 2.05) is 24.0 Å². The molecule has 0 bridgehead atoms. The van der Waals surface area contributed by atoms with Crippen molar-refractivity contribution >= 4 is 15.7 Å². The van der Waals surface area contributed by atoms with Crippen molar-refractivity contribution in [3.8, 4) is 0 Å². The van der Waals surface area contributed by atoms with Crippen LogP contribution in [0.1, 0.15) is 13.8 Å². The largest absolute Gasteiger partial charge is 0.370 e. The lowest BCUT2D eigenvalue weighted by Crippen LogP contribution is -2.49. The molecule has 2 rings (SSSR count). The van der Waals surface area contributed by atoms with Crippen molar-refractivity contribution in [3.05, 3.63) is 24.3 Å². The molecular weight excluding hydrogens is 290 g/mol. The van der Waals surface area contributed by atoms with E-state index < -0.39 is 10.0 Å². The Kier molecular flexibility index (Phi) is 5.21. The number of nitrogens with one attached hydrogen (secondary N) is 1. The van der Waals surface area contributed by atoms with Gasteiger partial charge in [0.05, 0.1) is 17.9 Å². The van der Waals surface area contributed by atoms with Gasteiger partial charge in [-0.1, -0.05) is 19.1 Å². The topological polar surface area (TPSA) is 84.7 Å². The Morgan fingerprint density at radius 1 is 1.38 bits per heavy atom. The number of sulfonamides is 1. The summed E-state index contributed by atoms with van der Waals surface area (Å²) in [5, 5.41) is 0. The lowest BCUT2D eigenvalue weighted by Gasteiger charge is -2.38. The van der Waals surface area contributed by atoms with Crippen LogP contribution in [0.4, 0.5) is 5.69 Å². The molecule has 0 saturated carbocycles. The van der Waals surface area contributed by atoms with Crippen LogP contribution in [0, 0.1) is 0 Å². The molecule has 1 fully saturated rings. The Bertz CT molecular complexity index is 577. The molecule has 3 N–H and O–H groups in total. The van der Waals surface area contributed by atoms with Crippen molar-refractivity contribution in [1.29, 1.82) is 0 Å². The number of benzene rings is 1. The fraction of sp³-hybridized carbons (Fsp3) is 0.571. The first-order valence-electron chi connectivity index (χ1n) is 7.17. The van der Waals surface area contributed by atoms with E-state index in [0.717, 1.165) is 0 Å². The number of anilines is 1. The number of rotatable bonds is 5. The van der Waals surface area contributed by atoms with E-state index in [1.165, 1.54) is 0 Å². The Hall–Kier alpha value is -1.15. The molecule has 0 aromatic heterocycles. The van der Waals surface area contributed by atoms with Gasteiger partial charge in [-0.15, -0.1) is 0 Å². The Balaban J connectivity index is 2.36. The molecule has 118 valence electrons. The zero-order chi connectivity index (χ0) is 15.5. The normalized spacial score (nSPS) is 23.3. The van der Waals surface area contributed by atoms with Crippen LogP contribution in [0.25, 0.3) is 0 Å². The molecule has 7 heteroatoms. The highest BCUT2D eigenvalue weighted by atomic mass is 32.2. The summed E-state index contributed by atoms with van der Waals surface area (Å²) < 4.78 is 32.9. The van der Waals surface area contributed by atoms with Crippen molar-refractivity contribution in [2.24, 2.45) is 5.73 Å². The minimum atomic E-state index is -3.50. The maximum absolute atomic E-state index is 12.3. The van der Waals surface area contributed by atoms with Gasteiger partial charge in [-0.05, 0) is 19.1 Å². The number of morpholine rings is 1. The van der Waals surface area contributed by atoms with E-state index in [1.54, 1.807) is 19.1 Å². The van der Waals surface area contributed by atoms with Crippen molar-refractivity contribution in [1.82, 2.24) is 4.72 Å². The van der Waals surface area contributed by atoms with Crippen molar-refractivity contribution in [2.75, 3.05) is 31.1 Å². The van der Waals surface area contributed by atoms with Crippen LogP contribution in [0.5, 0.6) is 0 Å². The zero-order valence-corrected chi connectivity index (χ0v) is 13.3. The van der Waals surface area contributed by atoms with Crippen LogP contribution >= 0.6 is 0 Å². The van der Waals surface area contributed by atoms with Gasteiger partial charge in [0.1, 0.15) is 4.90 Å². The highest BCUT2D eigenvalue weighted by Crippen LogP contribution is 2.27. The zero-order valence-electron chi connectivity index (χ0n) is 12.5. The summed E-state index contributed by atoms with van der Waals surface area (Å²) in [4.78, 5) is 2.34. The second-order valence-electron chi connectivity index (χ2n) is 5.18. The van der Waals surface area contributed by atoms with Gasteiger partial charge in [-0.2, -0.15) is 0 Å². The fourth-order valence-corrected chi connectivity index (χ4v) is 3.85. The lowest BCUT2D eigenvalue weighted by atomic mass is 10.2.